The van der Waals surface area contributed by atoms with Crippen LogP contribution in [0.4, 0.5) is 18.9 Å². The van der Waals surface area contributed by atoms with Gasteiger partial charge < -0.3 is 5.32 Å². The van der Waals surface area contributed by atoms with Crippen LogP contribution >= 0.6 is 0 Å². The molecule has 170 valence electrons. The molecule has 1 saturated carbocycles. The van der Waals surface area contributed by atoms with E-state index in [0.29, 0.717) is 17.9 Å². The first kappa shape index (κ1) is 21.2. The van der Waals surface area contributed by atoms with Crippen molar-refractivity contribution >= 4 is 22.4 Å². The Morgan fingerprint density at radius 3 is 2.70 bits per heavy atom. The molecule has 0 spiro atoms. The summed E-state index contributed by atoms with van der Waals surface area (Å²) < 4.78 is 42.4. The molecule has 4 aromatic rings. The second kappa shape index (κ2) is 8.06. The summed E-state index contributed by atoms with van der Waals surface area (Å²) in [5, 5.41) is 13.0. The van der Waals surface area contributed by atoms with Gasteiger partial charge in [-0.2, -0.15) is 23.4 Å². The predicted molar refractivity (Wildman–Crippen MR) is 118 cm³/mol. The number of fused-ring (bicyclic) bond motifs is 1. The Morgan fingerprint density at radius 1 is 1.18 bits per heavy atom. The van der Waals surface area contributed by atoms with Crippen LogP contribution in [0.25, 0.3) is 10.8 Å². The van der Waals surface area contributed by atoms with Crippen LogP contribution in [0, 0.1) is 0 Å². The molecule has 0 bridgehead atoms. The standard InChI is InChI=1S/C24H22F3N5O/c1-15(32-21(17-9-10-17)11-22(30-32)24(25,26)27)23(33)29-19-12-28-31(14-19)13-18-7-4-6-16-5-2-3-8-20(16)18/h2-8,11-12,14-15,17H,9-10,13H2,1H3,(H,29,33). The second-order valence-corrected chi connectivity index (χ2v) is 8.40. The van der Waals surface area contributed by atoms with Crippen molar-refractivity contribution < 1.29 is 18.0 Å². The van der Waals surface area contributed by atoms with Crippen molar-refractivity contribution in [3.63, 3.8) is 0 Å². The highest BCUT2D eigenvalue weighted by Crippen LogP contribution is 2.43. The Hall–Kier alpha value is -3.62. The molecule has 2 aromatic carbocycles. The number of anilines is 1. The maximum atomic E-state index is 13.2. The molecule has 9 heteroatoms. The van der Waals surface area contributed by atoms with Crippen LogP contribution in [0.2, 0.25) is 0 Å². The van der Waals surface area contributed by atoms with Crippen molar-refractivity contribution in [1.29, 1.82) is 0 Å². The molecule has 0 radical (unpaired) electrons. The Kier molecular flexibility index (Phi) is 5.19. The third kappa shape index (κ3) is 4.35. The minimum absolute atomic E-state index is 0.0206. The SMILES string of the molecule is CC(C(=O)Nc1cnn(Cc2cccc3ccccc23)c1)n1nc(C(F)(F)F)cc1C1CC1. The average Bonchev–Trinajstić information content (AvgIpc) is 3.37. The van der Waals surface area contributed by atoms with Gasteiger partial charge in [0.15, 0.2) is 5.69 Å². The lowest BCUT2D eigenvalue weighted by molar-refractivity contribution is -0.141. The van der Waals surface area contributed by atoms with E-state index in [2.05, 4.69) is 21.6 Å². The zero-order valence-corrected chi connectivity index (χ0v) is 17.9. The lowest BCUT2D eigenvalue weighted by atomic mass is 10.0. The number of hydrogen-bond acceptors (Lipinski definition) is 3. The van der Waals surface area contributed by atoms with Crippen molar-refractivity contribution in [2.75, 3.05) is 5.32 Å². The van der Waals surface area contributed by atoms with E-state index in [1.54, 1.807) is 17.8 Å². The van der Waals surface area contributed by atoms with E-state index in [0.717, 1.165) is 35.2 Å². The summed E-state index contributed by atoms with van der Waals surface area (Å²) in [6.07, 6.45) is 0.296. The van der Waals surface area contributed by atoms with Gasteiger partial charge in [-0.05, 0) is 42.2 Å². The van der Waals surface area contributed by atoms with Gasteiger partial charge in [-0.15, -0.1) is 0 Å². The molecule has 1 aliphatic rings. The van der Waals surface area contributed by atoms with E-state index in [1.807, 2.05) is 36.4 Å². The molecule has 1 unspecified atom stereocenters. The molecule has 33 heavy (non-hydrogen) atoms. The molecule has 0 saturated heterocycles. The smallest absolute Gasteiger partial charge is 0.322 e. The number of aromatic nitrogens is 4. The zero-order valence-electron chi connectivity index (χ0n) is 17.9. The van der Waals surface area contributed by atoms with Crippen LogP contribution in [0.15, 0.2) is 60.9 Å². The molecule has 2 heterocycles. The number of benzene rings is 2. The molecule has 1 aliphatic carbocycles. The lowest BCUT2D eigenvalue weighted by Crippen LogP contribution is -2.26. The third-order valence-electron chi connectivity index (χ3n) is 5.91. The molecule has 2 aromatic heterocycles. The summed E-state index contributed by atoms with van der Waals surface area (Å²) in [6.45, 7) is 2.07. The summed E-state index contributed by atoms with van der Waals surface area (Å²) in [6, 6.07) is 14.3. The van der Waals surface area contributed by atoms with E-state index in [1.165, 1.54) is 10.9 Å². The quantitative estimate of drug-likeness (QED) is 0.427. The molecule has 5 rings (SSSR count). The summed E-state index contributed by atoms with van der Waals surface area (Å²) in [7, 11) is 0. The first-order valence-corrected chi connectivity index (χ1v) is 10.8. The Labute approximate surface area is 188 Å². The minimum Gasteiger partial charge on any atom is -0.322 e. The van der Waals surface area contributed by atoms with Gasteiger partial charge in [0.05, 0.1) is 18.4 Å². The fourth-order valence-electron chi connectivity index (χ4n) is 4.02. The van der Waals surface area contributed by atoms with E-state index in [4.69, 9.17) is 0 Å². The number of amides is 1. The second-order valence-electron chi connectivity index (χ2n) is 8.40. The van der Waals surface area contributed by atoms with Gasteiger partial charge in [0, 0.05) is 17.8 Å². The van der Waals surface area contributed by atoms with Gasteiger partial charge in [0.25, 0.3) is 0 Å². The Morgan fingerprint density at radius 2 is 1.94 bits per heavy atom. The van der Waals surface area contributed by atoms with Gasteiger partial charge in [0.1, 0.15) is 6.04 Å². The maximum absolute atomic E-state index is 13.2. The highest BCUT2D eigenvalue weighted by atomic mass is 19.4. The van der Waals surface area contributed by atoms with Crippen LogP contribution in [0.3, 0.4) is 0 Å². The summed E-state index contributed by atoms with van der Waals surface area (Å²) in [5.74, 6) is -0.425. The number of alkyl halides is 3. The number of carbonyl (C=O) groups is 1. The van der Waals surface area contributed by atoms with Crippen molar-refractivity contribution in [2.24, 2.45) is 0 Å². The molecule has 1 amide bonds. The van der Waals surface area contributed by atoms with Gasteiger partial charge in [-0.25, -0.2) is 0 Å². The first-order valence-electron chi connectivity index (χ1n) is 10.8. The van der Waals surface area contributed by atoms with Crippen LogP contribution in [0.1, 0.15) is 48.7 Å². The van der Waals surface area contributed by atoms with Gasteiger partial charge in [-0.1, -0.05) is 42.5 Å². The fraction of sp³-hybridized carbons (Fsp3) is 0.292. The number of halogens is 3. The zero-order chi connectivity index (χ0) is 23.2. The van der Waals surface area contributed by atoms with Crippen LogP contribution in [-0.2, 0) is 17.5 Å². The summed E-state index contributed by atoms with van der Waals surface area (Å²) >= 11 is 0. The molecule has 0 aliphatic heterocycles. The molecule has 1 fully saturated rings. The van der Waals surface area contributed by atoms with E-state index >= 15 is 0 Å². The van der Waals surface area contributed by atoms with Crippen LogP contribution < -0.4 is 5.32 Å². The monoisotopic (exact) mass is 453 g/mol. The van der Waals surface area contributed by atoms with Gasteiger partial charge in [0.2, 0.25) is 5.91 Å². The van der Waals surface area contributed by atoms with E-state index < -0.39 is 23.8 Å². The molecular weight excluding hydrogens is 431 g/mol. The van der Waals surface area contributed by atoms with Crippen molar-refractivity contribution in [2.45, 2.75) is 44.4 Å². The third-order valence-corrected chi connectivity index (χ3v) is 5.91. The predicted octanol–water partition coefficient (Wildman–Crippen LogP) is 5.38. The number of carbonyl (C=O) groups excluding carboxylic acids is 1. The Balaban J connectivity index is 1.32. The summed E-state index contributed by atoms with van der Waals surface area (Å²) in [5.41, 5.74) is 1.06. The maximum Gasteiger partial charge on any atom is 0.435 e. The number of hydrogen-bond donors (Lipinski definition) is 1. The molecule has 1 N–H and O–H groups in total. The van der Waals surface area contributed by atoms with E-state index in [9.17, 15) is 18.0 Å². The number of rotatable bonds is 6. The molecule has 1 atom stereocenters. The number of nitrogens with one attached hydrogen (secondary N) is 1. The van der Waals surface area contributed by atoms with Crippen molar-refractivity contribution in [3.05, 3.63) is 77.9 Å². The highest BCUT2D eigenvalue weighted by Gasteiger charge is 2.39. The Bertz CT molecular complexity index is 1310. The molecule has 6 nitrogen and oxygen atoms in total. The lowest BCUT2D eigenvalue weighted by Gasteiger charge is -2.15. The number of nitrogens with zero attached hydrogens (tertiary/aromatic N) is 4. The largest absolute Gasteiger partial charge is 0.435 e. The van der Waals surface area contributed by atoms with Crippen LogP contribution in [-0.4, -0.2) is 25.5 Å². The first-order chi connectivity index (χ1) is 15.8. The van der Waals surface area contributed by atoms with Gasteiger partial charge in [-0.3, -0.25) is 14.2 Å². The topological polar surface area (TPSA) is 64.7 Å². The minimum atomic E-state index is -4.55. The van der Waals surface area contributed by atoms with Crippen LogP contribution in [0.5, 0.6) is 0 Å². The molecular formula is C24H22F3N5O. The van der Waals surface area contributed by atoms with Gasteiger partial charge >= 0.3 is 6.18 Å². The normalized spacial score (nSPS) is 15.0. The van der Waals surface area contributed by atoms with E-state index in [-0.39, 0.29) is 5.92 Å². The summed E-state index contributed by atoms with van der Waals surface area (Å²) in [4.78, 5) is 12.8. The van der Waals surface area contributed by atoms with Crippen molar-refractivity contribution in [1.82, 2.24) is 19.6 Å². The fourth-order valence-corrected chi connectivity index (χ4v) is 4.02. The average molecular weight is 453 g/mol. The van der Waals surface area contributed by atoms with Crippen molar-refractivity contribution in [3.8, 4) is 0 Å². The highest BCUT2D eigenvalue weighted by molar-refractivity contribution is 5.93.